The van der Waals surface area contributed by atoms with E-state index >= 15 is 0 Å². The third-order valence-electron chi connectivity index (χ3n) is 2.53. The first-order valence-corrected chi connectivity index (χ1v) is 7.07. The highest BCUT2D eigenvalue weighted by Gasteiger charge is 2.47. The molecule has 0 fully saturated rings. The molecule has 0 heterocycles. The van der Waals surface area contributed by atoms with Crippen molar-refractivity contribution in [3.63, 3.8) is 0 Å². The monoisotopic (exact) mass is 277 g/mol. The van der Waals surface area contributed by atoms with Crippen LogP contribution in [0.25, 0.3) is 0 Å². The van der Waals surface area contributed by atoms with E-state index in [1.807, 2.05) is 0 Å². The molecule has 8 heteroatoms. The average molecular weight is 277 g/mol. The van der Waals surface area contributed by atoms with Gasteiger partial charge in [0.15, 0.2) is 0 Å². The Bertz CT molecular complexity index is 320. The Labute approximate surface area is 107 Å². The summed E-state index contributed by atoms with van der Waals surface area (Å²) in [5.41, 5.74) is -1.08. The molecule has 0 aliphatic heterocycles. The van der Waals surface area contributed by atoms with Crippen LogP contribution in [0.3, 0.4) is 0 Å². The topological polar surface area (TPSA) is 94.1 Å². The highest BCUT2D eigenvalue weighted by Crippen LogP contribution is 2.15. The van der Waals surface area contributed by atoms with Crippen molar-refractivity contribution in [2.24, 2.45) is 0 Å². The van der Waals surface area contributed by atoms with Gasteiger partial charge in [-0.25, -0.2) is 4.79 Å². The Hall–Kier alpha value is -1.22. The first kappa shape index (κ1) is 16.8. The van der Waals surface area contributed by atoms with Crippen molar-refractivity contribution >= 4 is 20.7 Å². The average Bonchev–Trinajstić information content (AvgIpc) is 2.38. The minimum absolute atomic E-state index is 0.473. The highest BCUT2D eigenvalue weighted by molar-refractivity contribution is 6.62. The van der Waals surface area contributed by atoms with Gasteiger partial charge in [-0.3, -0.25) is 4.79 Å². The van der Waals surface area contributed by atoms with Gasteiger partial charge in [0.1, 0.15) is 5.57 Å². The summed E-state index contributed by atoms with van der Waals surface area (Å²) in [6, 6.07) is 0. The van der Waals surface area contributed by atoms with Gasteiger partial charge in [0.25, 0.3) is 5.91 Å². The van der Waals surface area contributed by atoms with Gasteiger partial charge in [-0.2, -0.15) is 0 Å². The molecule has 0 aromatic heterocycles. The van der Waals surface area contributed by atoms with Crippen LogP contribution in [0.1, 0.15) is 13.3 Å². The highest BCUT2D eigenvalue weighted by atomic mass is 28.4. The molecule has 0 aromatic carbocycles. The molecule has 0 saturated heterocycles. The number of aliphatic carboxylic acids is 1. The molecular weight excluding hydrogens is 258 g/mol. The van der Waals surface area contributed by atoms with Crippen molar-refractivity contribution in [2.75, 3.05) is 21.3 Å². The van der Waals surface area contributed by atoms with Crippen molar-refractivity contribution in [3.8, 4) is 0 Å². The van der Waals surface area contributed by atoms with Gasteiger partial charge in [0.2, 0.25) is 0 Å². The van der Waals surface area contributed by atoms with E-state index in [2.05, 4.69) is 11.9 Å². The molecule has 0 saturated carbocycles. The number of hydrogen-bond acceptors (Lipinski definition) is 5. The molecule has 0 spiro atoms. The van der Waals surface area contributed by atoms with Crippen molar-refractivity contribution < 1.29 is 28.0 Å². The quantitative estimate of drug-likeness (QED) is 0.279. The molecule has 2 N–H and O–H groups in total. The molecule has 0 aliphatic rings. The lowest BCUT2D eigenvalue weighted by Gasteiger charge is -2.32. The second-order valence-corrected chi connectivity index (χ2v) is 6.56. The minimum atomic E-state index is -3.06. The van der Waals surface area contributed by atoms with E-state index in [1.54, 1.807) is 6.92 Å². The molecular formula is C10H19NO6Si. The Morgan fingerprint density at radius 2 is 1.72 bits per heavy atom. The molecule has 1 unspecified atom stereocenters. The number of nitrogens with one attached hydrogen (secondary N) is 1. The standard InChI is InChI=1S/C10H19NO6Si/c1-6-8(18(15-3,16-4)17-5)11-9(12)7(2)10(13)14/h8H,2,6H2,1,3-5H3,(H,11,12)(H,13,14). The Morgan fingerprint density at radius 1 is 1.28 bits per heavy atom. The first-order valence-electron chi connectivity index (χ1n) is 5.27. The number of carbonyl (C=O) groups is 2. The maximum absolute atomic E-state index is 11.6. The molecule has 0 aromatic rings. The Kier molecular flexibility index (Phi) is 6.77. The largest absolute Gasteiger partial charge is 0.523 e. The summed E-state index contributed by atoms with van der Waals surface area (Å²) in [6.45, 7) is 4.98. The molecule has 0 rings (SSSR count). The van der Waals surface area contributed by atoms with Crippen molar-refractivity contribution in [3.05, 3.63) is 12.2 Å². The van der Waals surface area contributed by atoms with Gasteiger partial charge in [-0.15, -0.1) is 0 Å². The van der Waals surface area contributed by atoms with Gasteiger partial charge < -0.3 is 23.7 Å². The van der Waals surface area contributed by atoms with E-state index in [0.29, 0.717) is 6.42 Å². The molecule has 7 nitrogen and oxygen atoms in total. The normalized spacial score (nSPS) is 12.9. The fourth-order valence-corrected chi connectivity index (χ4v) is 3.62. The Morgan fingerprint density at radius 3 is 2.00 bits per heavy atom. The van der Waals surface area contributed by atoms with Crippen LogP contribution < -0.4 is 5.32 Å². The van der Waals surface area contributed by atoms with Gasteiger partial charge in [-0.05, 0) is 6.42 Å². The van der Waals surface area contributed by atoms with Crippen molar-refractivity contribution in [1.29, 1.82) is 0 Å². The molecule has 1 atom stereocenters. The zero-order valence-corrected chi connectivity index (χ0v) is 12.0. The van der Waals surface area contributed by atoms with Crippen molar-refractivity contribution in [2.45, 2.75) is 19.0 Å². The fourth-order valence-electron chi connectivity index (χ4n) is 1.46. The third-order valence-corrected chi connectivity index (χ3v) is 5.64. The third kappa shape index (κ3) is 3.64. The van der Waals surface area contributed by atoms with Gasteiger partial charge in [-0.1, -0.05) is 13.5 Å². The maximum Gasteiger partial charge on any atom is 0.523 e. The van der Waals surface area contributed by atoms with E-state index in [0.717, 1.165) is 0 Å². The maximum atomic E-state index is 11.6. The number of carboxylic acids is 1. The molecule has 18 heavy (non-hydrogen) atoms. The lowest BCUT2D eigenvalue weighted by Crippen LogP contribution is -2.61. The number of carbonyl (C=O) groups excluding carboxylic acids is 1. The lowest BCUT2D eigenvalue weighted by atomic mass is 10.3. The van der Waals surface area contributed by atoms with Crippen LogP contribution in [0, 0.1) is 0 Å². The summed E-state index contributed by atoms with van der Waals surface area (Å²) in [7, 11) is 1.19. The summed E-state index contributed by atoms with van der Waals surface area (Å²) in [5.74, 6) is -2.15. The minimum Gasteiger partial charge on any atom is -0.478 e. The van der Waals surface area contributed by atoms with Gasteiger partial charge >= 0.3 is 14.8 Å². The molecule has 1 amide bonds. The van der Waals surface area contributed by atoms with Crippen LogP contribution in [0.4, 0.5) is 0 Å². The molecule has 0 aliphatic carbocycles. The summed E-state index contributed by atoms with van der Waals surface area (Å²) >= 11 is 0. The second-order valence-electron chi connectivity index (χ2n) is 3.43. The van der Waals surface area contributed by atoms with E-state index in [9.17, 15) is 9.59 Å². The lowest BCUT2D eigenvalue weighted by molar-refractivity contribution is -0.135. The van der Waals surface area contributed by atoms with Crippen LogP contribution >= 0.6 is 0 Å². The number of carboxylic acid groups (broad SMARTS) is 1. The predicted octanol–water partition coefficient (Wildman–Crippen LogP) is -0.0607. The van der Waals surface area contributed by atoms with Crippen LogP contribution in [-0.4, -0.2) is 52.8 Å². The number of hydrogen-bond donors (Lipinski definition) is 2. The SMILES string of the molecule is C=C(C(=O)O)C(=O)NC(CC)[Si](OC)(OC)OC. The van der Waals surface area contributed by atoms with Crippen LogP contribution in [0.15, 0.2) is 12.2 Å². The summed E-state index contributed by atoms with van der Waals surface area (Å²) in [4.78, 5) is 22.2. The van der Waals surface area contributed by atoms with Crippen molar-refractivity contribution in [1.82, 2.24) is 5.32 Å². The second kappa shape index (κ2) is 7.26. The van der Waals surface area contributed by atoms with E-state index in [1.165, 1.54) is 21.3 Å². The molecule has 104 valence electrons. The van der Waals surface area contributed by atoms with Gasteiger partial charge in [0, 0.05) is 21.3 Å². The van der Waals surface area contributed by atoms with Crippen LogP contribution in [0.2, 0.25) is 0 Å². The molecule has 0 bridgehead atoms. The number of amides is 1. The predicted molar refractivity (Wildman–Crippen MR) is 65.8 cm³/mol. The van der Waals surface area contributed by atoms with E-state index in [4.69, 9.17) is 18.4 Å². The van der Waals surface area contributed by atoms with Crippen LogP contribution in [0.5, 0.6) is 0 Å². The molecule has 0 radical (unpaired) electrons. The summed E-state index contributed by atoms with van der Waals surface area (Å²) in [6.07, 6.45) is 0.473. The Balaban J connectivity index is 4.94. The van der Waals surface area contributed by atoms with E-state index in [-0.39, 0.29) is 0 Å². The zero-order chi connectivity index (χ0) is 14.3. The summed E-state index contributed by atoms with van der Waals surface area (Å²) in [5, 5.41) is 11.2. The first-order chi connectivity index (χ1) is 8.38. The summed E-state index contributed by atoms with van der Waals surface area (Å²) < 4.78 is 15.7. The van der Waals surface area contributed by atoms with Crippen LogP contribution in [-0.2, 0) is 22.9 Å². The fraction of sp³-hybridized carbons (Fsp3) is 0.600. The van der Waals surface area contributed by atoms with Gasteiger partial charge in [0.05, 0.1) is 5.67 Å². The smallest absolute Gasteiger partial charge is 0.478 e. The zero-order valence-electron chi connectivity index (χ0n) is 11.0. The number of rotatable bonds is 8. The van der Waals surface area contributed by atoms with E-state index < -0.39 is 31.9 Å².